The van der Waals surface area contributed by atoms with E-state index >= 15 is 4.39 Å². The molecular weight excluding hydrogens is 464 g/mol. The van der Waals surface area contributed by atoms with Gasteiger partial charge in [-0.1, -0.05) is 119 Å². The predicted molar refractivity (Wildman–Crippen MR) is 157 cm³/mol. The summed E-state index contributed by atoms with van der Waals surface area (Å²) >= 11 is 0. The van der Waals surface area contributed by atoms with E-state index in [0.29, 0.717) is 38.8 Å². The molecule has 0 saturated heterocycles. The third kappa shape index (κ3) is 6.21. The number of hydrogen-bond acceptors (Lipinski definition) is 1. The number of carbonyl (C=O) groups is 1. The highest BCUT2D eigenvalue weighted by Crippen LogP contribution is 2.42. The molecule has 0 saturated carbocycles. The molecule has 1 atom stereocenters. The molecule has 0 fully saturated rings. The normalized spacial score (nSPS) is 14.3. The van der Waals surface area contributed by atoms with Crippen LogP contribution < -0.4 is 0 Å². The van der Waals surface area contributed by atoms with Gasteiger partial charge in [0.1, 0.15) is 16.1 Å². The first-order valence-electron chi connectivity index (χ1n) is 13.4. The van der Waals surface area contributed by atoms with Gasteiger partial charge in [-0.15, -0.1) is 11.1 Å². The summed E-state index contributed by atoms with van der Waals surface area (Å²) in [5.74, 6) is 5.09. The molecule has 1 nitrogen and oxygen atoms in total. The molecule has 0 unspecified atom stereocenters. The molecule has 35 heavy (non-hydrogen) atoms. The maximum atomic E-state index is 17.0. The van der Waals surface area contributed by atoms with Crippen molar-refractivity contribution in [2.45, 2.75) is 129 Å². The van der Waals surface area contributed by atoms with Crippen molar-refractivity contribution in [2.24, 2.45) is 0 Å². The van der Waals surface area contributed by atoms with E-state index in [1.54, 1.807) is 12.1 Å². The molecule has 0 spiro atoms. The molecular formula is C31H49FOSi2. The molecule has 0 aliphatic carbocycles. The SMILES string of the molecule is Cc1ccc([C@@](F)(C#C[Si](C(C)C)(C(C)C)C(C)C)C(=O)C#C[Si](C(C)C)(C(C)C)C(C)C)cc1. The molecule has 0 bridgehead atoms. The molecule has 1 aromatic rings. The van der Waals surface area contributed by atoms with Gasteiger partial charge in [0, 0.05) is 5.56 Å². The van der Waals surface area contributed by atoms with E-state index in [2.05, 4.69) is 106 Å². The lowest BCUT2D eigenvalue weighted by molar-refractivity contribution is -0.121. The number of ketones is 1. The van der Waals surface area contributed by atoms with E-state index in [1.807, 2.05) is 19.1 Å². The van der Waals surface area contributed by atoms with Crippen LogP contribution in [0.1, 0.15) is 94.2 Å². The fraction of sp³-hybridized carbons (Fsp3) is 0.645. The summed E-state index contributed by atoms with van der Waals surface area (Å²) in [5, 5.41) is 0. The number of hydrogen-bond donors (Lipinski definition) is 0. The van der Waals surface area contributed by atoms with Gasteiger partial charge in [0.25, 0.3) is 11.5 Å². The summed E-state index contributed by atoms with van der Waals surface area (Å²) in [6.45, 7) is 28.3. The second-order valence-electron chi connectivity index (χ2n) is 12.1. The Kier molecular flexibility index (Phi) is 10.8. The molecule has 0 aromatic heterocycles. The third-order valence-electron chi connectivity index (χ3n) is 8.34. The number of halogens is 1. The van der Waals surface area contributed by atoms with Crippen LogP contribution in [0.2, 0.25) is 33.2 Å². The molecule has 0 heterocycles. The van der Waals surface area contributed by atoms with Gasteiger partial charge < -0.3 is 0 Å². The minimum atomic E-state index is -2.43. The second kappa shape index (κ2) is 12.1. The summed E-state index contributed by atoms with van der Waals surface area (Å²) in [4.78, 5) is 13.7. The van der Waals surface area contributed by atoms with Gasteiger partial charge in [0.15, 0.2) is 0 Å². The molecule has 0 N–H and O–H groups in total. The molecule has 1 rings (SSSR count). The minimum Gasteiger partial charge on any atom is -0.280 e. The van der Waals surface area contributed by atoms with Crippen molar-refractivity contribution in [3.63, 3.8) is 0 Å². The molecule has 0 amide bonds. The maximum absolute atomic E-state index is 17.0. The Morgan fingerprint density at radius 2 is 1.03 bits per heavy atom. The van der Waals surface area contributed by atoms with E-state index in [9.17, 15) is 4.79 Å². The van der Waals surface area contributed by atoms with Crippen LogP contribution in [0.15, 0.2) is 24.3 Å². The van der Waals surface area contributed by atoms with E-state index in [0.717, 1.165) is 5.56 Å². The summed E-state index contributed by atoms with van der Waals surface area (Å²) in [6.07, 6.45) is 0. The van der Waals surface area contributed by atoms with Crippen LogP contribution in [0.3, 0.4) is 0 Å². The summed E-state index contributed by atoms with van der Waals surface area (Å²) in [5.41, 5.74) is 7.92. The lowest BCUT2D eigenvalue weighted by atomic mass is 9.92. The van der Waals surface area contributed by atoms with Gasteiger partial charge in [0.2, 0.25) is 0 Å². The zero-order chi connectivity index (χ0) is 27.4. The number of aryl methyl sites for hydroxylation is 1. The highest BCUT2D eigenvalue weighted by Gasteiger charge is 2.45. The largest absolute Gasteiger partial charge is 0.280 e. The molecule has 0 aliphatic rings. The second-order valence-corrected chi connectivity index (χ2v) is 23.3. The lowest BCUT2D eigenvalue weighted by Gasteiger charge is -2.38. The molecule has 0 radical (unpaired) electrons. The van der Waals surface area contributed by atoms with Crippen LogP contribution in [-0.4, -0.2) is 21.9 Å². The molecule has 194 valence electrons. The zero-order valence-electron chi connectivity index (χ0n) is 24.6. The van der Waals surface area contributed by atoms with Crippen molar-refractivity contribution >= 4 is 21.9 Å². The standard InChI is InChI=1S/C31H49FOSi2/c1-22(2)34(23(3)4,24(5)6)20-18-30(33)31(32,29-16-14-28(13)15-17-29)19-21-35(25(7)8,26(9)10)27(11)12/h14-17,22-27H,1-13H3/t31-/m0/s1. The van der Waals surface area contributed by atoms with Gasteiger partial charge in [-0.05, 0) is 46.1 Å². The van der Waals surface area contributed by atoms with E-state index in [-0.39, 0.29) is 0 Å². The van der Waals surface area contributed by atoms with Crippen LogP contribution in [0.5, 0.6) is 0 Å². The number of rotatable bonds is 8. The van der Waals surface area contributed by atoms with Gasteiger partial charge in [-0.25, -0.2) is 4.39 Å². The first kappa shape index (κ1) is 31.4. The third-order valence-corrected chi connectivity index (χ3v) is 20.9. The van der Waals surface area contributed by atoms with Crippen molar-refractivity contribution in [3.05, 3.63) is 35.4 Å². The summed E-state index contributed by atoms with van der Waals surface area (Å²) in [7, 11) is -4.41. The minimum absolute atomic E-state index is 0.292. The first-order chi connectivity index (χ1) is 16.0. The van der Waals surface area contributed by atoms with Gasteiger partial charge in [-0.3, -0.25) is 4.79 Å². The van der Waals surface area contributed by atoms with Crippen LogP contribution in [0, 0.1) is 29.9 Å². The Balaban J connectivity index is 3.87. The zero-order valence-corrected chi connectivity index (χ0v) is 26.6. The maximum Gasteiger partial charge on any atom is 0.265 e. The van der Waals surface area contributed by atoms with Crippen LogP contribution in [-0.2, 0) is 10.5 Å². The first-order valence-corrected chi connectivity index (χ1v) is 17.8. The Bertz CT molecular complexity index is 937. The van der Waals surface area contributed by atoms with Crippen molar-refractivity contribution in [1.82, 2.24) is 0 Å². The highest BCUT2D eigenvalue weighted by atomic mass is 28.3. The molecule has 4 heteroatoms. The number of Topliss-reactive ketones (excluding diaryl/α,β-unsaturated/α-hetero) is 1. The van der Waals surface area contributed by atoms with E-state index in [4.69, 9.17) is 0 Å². The lowest BCUT2D eigenvalue weighted by Crippen LogP contribution is -2.44. The van der Waals surface area contributed by atoms with Crippen LogP contribution in [0.4, 0.5) is 4.39 Å². The summed E-state index contributed by atoms with van der Waals surface area (Å²) in [6, 6.07) is 7.09. The average Bonchev–Trinajstić information content (AvgIpc) is 2.73. The van der Waals surface area contributed by atoms with Gasteiger partial charge in [0.05, 0.1) is 0 Å². The topological polar surface area (TPSA) is 17.1 Å². The van der Waals surface area contributed by atoms with Gasteiger partial charge >= 0.3 is 0 Å². The molecule has 0 aliphatic heterocycles. The van der Waals surface area contributed by atoms with E-state index in [1.165, 1.54) is 0 Å². The fourth-order valence-electron chi connectivity index (χ4n) is 6.35. The predicted octanol–water partition coefficient (Wildman–Crippen LogP) is 9.17. The Labute approximate surface area is 218 Å². The summed E-state index contributed by atoms with van der Waals surface area (Å²) < 4.78 is 17.0. The fourth-order valence-corrected chi connectivity index (χ4v) is 16.8. The Morgan fingerprint density at radius 1 is 0.686 bits per heavy atom. The Morgan fingerprint density at radius 3 is 1.37 bits per heavy atom. The van der Waals surface area contributed by atoms with E-state index < -0.39 is 27.6 Å². The number of carbonyl (C=O) groups excluding carboxylic acids is 1. The van der Waals surface area contributed by atoms with Crippen molar-refractivity contribution in [2.75, 3.05) is 0 Å². The number of benzene rings is 1. The number of alkyl halides is 1. The van der Waals surface area contributed by atoms with Crippen molar-refractivity contribution < 1.29 is 9.18 Å². The monoisotopic (exact) mass is 512 g/mol. The average molecular weight is 513 g/mol. The molecule has 1 aromatic carbocycles. The Hall–Kier alpha value is -1.63. The van der Waals surface area contributed by atoms with Crippen molar-refractivity contribution in [3.8, 4) is 22.9 Å². The van der Waals surface area contributed by atoms with Gasteiger partial charge in [-0.2, -0.15) is 0 Å². The highest BCUT2D eigenvalue weighted by molar-refractivity contribution is 6.91. The smallest absolute Gasteiger partial charge is 0.265 e. The van der Waals surface area contributed by atoms with Crippen LogP contribution >= 0.6 is 0 Å². The quantitative estimate of drug-likeness (QED) is 0.251. The van der Waals surface area contributed by atoms with Crippen LogP contribution in [0.25, 0.3) is 0 Å². The van der Waals surface area contributed by atoms with Crippen molar-refractivity contribution in [1.29, 1.82) is 0 Å².